The Morgan fingerprint density at radius 2 is 2.20 bits per heavy atom. The van der Waals surface area contributed by atoms with Crippen LogP contribution in [0.1, 0.15) is 11.1 Å². The van der Waals surface area contributed by atoms with E-state index in [-0.39, 0.29) is 18.6 Å². The lowest BCUT2D eigenvalue weighted by Gasteiger charge is -2.23. The van der Waals surface area contributed by atoms with E-state index in [4.69, 9.17) is 4.74 Å². The zero-order chi connectivity index (χ0) is 13.9. The molecule has 1 saturated heterocycles. The number of ether oxygens (including phenoxy) is 1. The first-order valence-corrected chi connectivity index (χ1v) is 6.56. The van der Waals surface area contributed by atoms with E-state index in [1.54, 1.807) is 17.2 Å². The molecule has 1 aliphatic rings. The maximum atomic E-state index is 11.3. The summed E-state index contributed by atoms with van der Waals surface area (Å²) in [5.41, 5.74) is 3.18. The summed E-state index contributed by atoms with van der Waals surface area (Å²) in [4.78, 5) is 12.9. The summed E-state index contributed by atoms with van der Waals surface area (Å²) in [5.74, 6) is -0.0534. The highest BCUT2D eigenvalue weighted by Gasteiger charge is 2.19. The smallest absolute Gasteiger partial charge is 0.246 e. The van der Waals surface area contributed by atoms with Gasteiger partial charge in [-0.05, 0) is 30.5 Å². The highest BCUT2D eigenvalue weighted by molar-refractivity contribution is 5.78. The number of hydrogen-bond acceptors (Lipinski definition) is 4. The maximum Gasteiger partial charge on any atom is 0.246 e. The molecule has 0 saturated carbocycles. The Morgan fingerprint density at radius 3 is 2.95 bits per heavy atom. The lowest BCUT2D eigenvalue weighted by Crippen LogP contribution is -2.46. The van der Waals surface area contributed by atoms with E-state index in [9.17, 15) is 4.79 Å². The third-order valence-electron chi connectivity index (χ3n) is 3.31. The third-order valence-corrected chi connectivity index (χ3v) is 3.31. The van der Waals surface area contributed by atoms with Crippen LogP contribution in [0.15, 0.2) is 30.6 Å². The van der Waals surface area contributed by atoms with E-state index in [1.807, 2.05) is 13.0 Å². The average molecular weight is 272 g/mol. The first-order chi connectivity index (χ1) is 9.72. The topological polar surface area (TPSA) is 69.0 Å². The van der Waals surface area contributed by atoms with Gasteiger partial charge in [-0.1, -0.05) is 12.1 Å². The number of aryl methyl sites for hydroxylation is 1. The molecule has 3 rings (SSSR count). The van der Waals surface area contributed by atoms with Crippen LogP contribution in [0.5, 0.6) is 0 Å². The van der Waals surface area contributed by atoms with E-state index in [0.29, 0.717) is 6.61 Å². The van der Waals surface area contributed by atoms with Crippen LogP contribution in [-0.2, 0) is 16.0 Å². The van der Waals surface area contributed by atoms with Crippen molar-refractivity contribution in [2.75, 3.05) is 13.2 Å². The van der Waals surface area contributed by atoms with E-state index < -0.39 is 0 Å². The number of rotatable bonds is 3. The van der Waals surface area contributed by atoms with Gasteiger partial charge in [-0.3, -0.25) is 4.79 Å². The predicted molar refractivity (Wildman–Crippen MR) is 72.5 cm³/mol. The number of benzene rings is 1. The number of nitrogens with zero attached hydrogens (tertiary/aromatic N) is 3. The highest BCUT2D eigenvalue weighted by Crippen LogP contribution is 2.16. The molecule has 20 heavy (non-hydrogen) atoms. The Labute approximate surface area is 116 Å². The first-order valence-electron chi connectivity index (χ1n) is 6.56. The number of aromatic nitrogens is 3. The molecule has 1 aromatic heterocycles. The molecule has 1 atom stereocenters. The normalized spacial score (nSPS) is 18.9. The Hall–Kier alpha value is -2.21. The number of nitrogens with one attached hydrogen (secondary N) is 1. The first kappa shape index (κ1) is 12.8. The van der Waals surface area contributed by atoms with Crippen molar-refractivity contribution >= 4 is 5.91 Å². The van der Waals surface area contributed by atoms with E-state index in [1.165, 1.54) is 0 Å². The number of amides is 1. The second kappa shape index (κ2) is 5.42. The third kappa shape index (κ3) is 2.70. The van der Waals surface area contributed by atoms with E-state index >= 15 is 0 Å². The minimum absolute atomic E-state index is 0.0254. The highest BCUT2D eigenvalue weighted by atomic mass is 16.5. The summed E-state index contributed by atoms with van der Waals surface area (Å²) in [7, 11) is 0. The van der Waals surface area contributed by atoms with Gasteiger partial charge >= 0.3 is 0 Å². The van der Waals surface area contributed by atoms with Crippen LogP contribution in [-0.4, -0.2) is 40.2 Å². The van der Waals surface area contributed by atoms with Crippen LogP contribution >= 0.6 is 0 Å². The van der Waals surface area contributed by atoms with Gasteiger partial charge in [-0.25, -0.2) is 0 Å². The molecule has 2 aromatic rings. The van der Waals surface area contributed by atoms with Crippen molar-refractivity contribution in [2.45, 2.75) is 19.4 Å². The van der Waals surface area contributed by atoms with Crippen LogP contribution in [0.2, 0.25) is 0 Å². The van der Waals surface area contributed by atoms with E-state index in [2.05, 4.69) is 27.6 Å². The van der Waals surface area contributed by atoms with Gasteiger partial charge in [0, 0.05) is 0 Å². The minimum atomic E-state index is -0.0534. The molecule has 0 spiro atoms. The molecule has 6 nitrogen and oxygen atoms in total. The van der Waals surface area contributed by atoms with Crippen molar-refractivity contribution in [2.24, 2.45) is 0 Å². The van der Waals surface area contributed by atoms with E-state index in [0.717, 1.165) is 23.2 Å². The Bertz CT molecular complexity index is 610. The van der Waals surface area contributed by atoms with Gasteiger partial charge in [0.1, 0.15) is 6.61 Å². The van der Waals surface area contributed by atoms with Gasteiger partial charge in [0.25, 0.3) is 0 Å². The largest absolute Gasteiger partial charge is 0.369 e. The number of hydrogen-bond donors (Lipinski definition) is 1. The van der Waals surface area contributed by atoms with Crippen LogP contribution < -0.4 is 5.32 Å². The molecule has 0 bridgehead atoms. The molecule has 1 amide bonds. The molecule has 6 heteroatoms. The van der Waals surface area contributed by atoms with Crippen molar-refractivity contribution in [1.82, 2.24) is 20.3 Å². The van der Waals surface area contributed by atoms with Gasteiger partial charge in [-0.15, -0.1) is 0 Å². The van der Waals surface area contributed by atoms with Gasteiger partial charge < -0.3 is 10.1 Å². The molecule has 0 unspecified atom stereocenters. The second-order valence-corrected chi connectivity index (χ2v) is 4.92. The monoisotopic (exact) mass is 272 g/mol. The summed E-state index contributed by atoms with van der Waals surface area (Å²) in [6.07, 6.45) is 4.04. The van der Waals surface area contributed by atoms with Gasteiger partial charge in [0.2, 0.25) is 5.91 Å². The quantitative estimate of drug-likeness (QED) is 0.890. The zero-order valence-corrected chi connectivity index (χ0v) is 11.2. The van der Waals surface area contributed by atoms with Crippen molar-refractivity contribution in [1.29, 1.82) is 0 Å². The molecule has 0 radical (unpaired) electrons. The Morgan fingerprint density at radius 1 is 1.40 bits per heavy atom. The van der Waals surface area contributed by atoms with Crippen LogP contribution in [0.25, 0.3) is 5.69 Å². The van der Waals surface area contributed by atoms with Crippen molar-refractivity contribution in [3.8, 4) is 5.69 Å². The summed E-state index contributed by atoms with van der Waals surface area (Å²) in [5, 5.41) is 11.2. The average Bonchev–Trinajstić information content (AvgIpc) is 2.95. The zero-order valence-electron chi connectivity index (χ0n) is 11.2. The second-order valence-electron chi connectivity index (χ2n) is 4.92. The molecular weight excluding hydrogens is 256 g/mol. The van der Waals surface area contributed by atoms with Crippen LogP contribution in [0, 0.1) is 6.92 Å². The summed E-state index contributed by atoms with van der Waals surface area (Å²) < 4.78 is 5.25. The molecule has 104 valence electrons. The van der Waals surface area contributed by atoms with Gasteiger partial charge in [0.05, 0.1) is 30.7 Å². The summed E-state index contributed by atoms with van der Waals surface area (Å²) in [6, 6.07) is 6.18. The Balaban J connectivity index is 1.80. The number of carbonyl (C=O) groups is 1. The molecule has 1 aromatic carbocycles. The minimum Gasteiger partial charge on any atom is -0.369 e. The lowest BCUT2D eigenvalue weighted by atomic mass is 10.0. The lowest BCUT2D eigenvalue weighted by molar-refractivity contribution is -0.131. The Kier molecular flexibility index (Phi) is 3.47. The molecule has 1 fully saturated rings. The molecule has 0 aliphatic carbocycles. The summed E-state index contributed by atoms with van der Waals surface area (Å²) in [6.45, 7) is 2.73. The van der Waals surface area contributed by atoms with Crippen LogP contribution in [0.3, 0.4) is 0 Å². The molecule has 2 heterocycles. The molecule has 1 N–H and O–H groups in total. The number of morpholine rings is 1. The fourth-order valence-corrected chi connectivity index (χ4v) is 2.34. The maximum absolute atomic E-state index is 11.3. The predicted octanol–water partition coefficient (Wildman–Crippen LogP) is 0.633. The van der Waals surface area contributed by atoms with Crippen molar-refractivity contribution in [3.05, 3.63) is 41.7 Å². The number of carbonyl (C=O) groups excluding carboxylic acids is 1. The standard InChI is InChI=1S/C14H16N4O2/c1-10-2-3-11(6-12-8-20-9-14(19)17-12)7-13(10)18-15-4-5-16-18/h2-5,7,12H,6,8-9H2,1H3,(H,17,19)/t12-/m1/s1. The van der Waals surface area contributed by atoms with Crippen molar-refractivity contribution in [3.63, 3.8) is 0 Å². The summed E-state index contributed by atoms with van der Waals surface area (Å²) >= 11 is 0. The molecular formula is C14H16N4O2. The van der Waals surface area contributed by atoms with Gasteiger partial charge in [-0.2, -0.15) is 15.0 Å². The fourth-order valence-electron chi connectivity index (χ4n) is 2.34. The van der Waals surface area contributed by atoms with Crippen LogP contribution in [0.4, 0.5) is 0 Å². The van der Waals surface area contributed by atoms with Crippen molar-refractivity contribution < 1.29 is 9.53 Å². The SMILES string of the molecule is Cc1ccc(C[C@@H]2COCC(=O)N2)cc1-n1nccn1. The van der Waals surface area contributed by atoms with Gasteiger partial charge in [0.15, 0.2) is 0 Å². The fraction of sp³-hybridized carbons (Fsp3) is 0.357. The molecule has 1 aliphatic heterocycles.